The van der Waals surface area contributed by atoms with Gasteiger partial charge in [-0.05, 0) is 37.8 Å². The van der Waals surface area contributed by atoms with Crippen molar-refractivity contribution in [1.29, 1.82) is 0 Å². The first-order valence-corrected chi connectivity index (χ1v) is 8.11. The summed E-state index contributed by atoms with van der Waals surface area (Å²) in [6, 6.07) is 2.20. The first kappa shape index (κ1) is 14.0. The van der Waals surface area contributed by atoms with E-state index in [1.165, 1.54) is 43.0 Å². The Kier molecular flexibility index (Phi) is 6.11. The van der Waals surface area contributed by atoms with Crippen molar-refractivity contribution < 1.29 is 4.42 Å². The van der Waals surface area contributed by atoms with Crippen LogP contribution in [-0.4, -0.2) is 36.0 Å². The molecule has 0 saturated carbocycles. The van der Waals surface area contributed by atoms with Crippen molar-refractivity contribution in [3.05, 3.63) is 23.7 Å². The van der Waals surface area contributed by atoms with Crippen molar-refractivity contribution in [3.8, 4) is 0 Å². The van der Waals surface area contributed by atoms with Gasteiger partial charge in [0, 0.05) is 24.4 Å². The molecule has 1 fully saturated rings. The number of nitrogens with one attached hydrogen (secondary N) is 1. The minimum atomic E-state index is 0.924. The molecule has 1 aromatic rings. The Bertz CT molecular complexity index is 332. The van der Waals surface area contributed by atoms with E-state index in [0.717, 1.165) is 25.4 Å². The maximum Gasteiger partial charge on any atom is 0.118 e. The molecule has 18 heavy (non-hydrogen) atoms. The van der Waals surface area contributed by atoms with E-state index in [2.05, 4.69) is 35.0 Å². The van der Waals surface area contributed by atoms with E-state index in [1.807, 2.05) is 6.26 Å². The molecule has 1 saturated heterocycles. The third-order valence-electron chi connectivity index (χ3n) is 3.16. The summed E-state index contributed by atoms with van der Waals surface area (Å²) in [5.41, 5.74) is 1.27. The highest BCUT2D eigenvalue weighted by Gasteiger charge is 2.11. The average Bonchev–Trinajstić information content (AvgIpc) is 2.65. The summed E-state index contributed by atoms with van der Waals surface area (Å²) in [4.78, 5) is 2.50. The zero-order chi connectivity index (χ0) is 12.6. The molecule has 3 nitrogen and oxygen atoms in total. The first-order valence-electron chi connectivity index (χ1n) is 6.95. The second-order valence-corrected chi connectivity index (χ2v) is 6.06. The smallest absolute Gasteiger partial charge is 0.118 e. The van der Waals surface area contributed by atoms with E-state index in [1.54, 1.807) is 0 Å². The van der Waals surface area contributed by atoms with Crippen LogP contribution in [0.5, 0.6) is 0 Å². The van der Waals surface area contributed by atoms with Gasteiger partial charge < -0.3 is 9.73 Å². The van der Waals surface area contributed by atoms with Crippen LogP contribution in [0.4, 0.5) is 0 Å². The summed E-state index contributed by atoms with van der Waals surface area (Å²) in [6.45, 7) is 7.54. The highest BCUT2D eigenvalue weighted by molar-refractivity contribution is 7.99. The third-order valence-corrected chi connectivity index (χ3v) is 4.21. The second kappa shape index (κ2) is 7.87. The van der Waals surface area contributed by atoms with Gasteiger partial charge in [-0.1, -0.05) is 6.92 Å². The van der Waals surface area contributed by atoms with Crippen LogP contribution in [-0.2, 0) is 13.1 Å². The normalized spacial score (nSPS) is 17.8. The molecular formula is C14H24N2OS. The van der Waals surface area contributed by atoms with Crippen molar-refractivity contribution in [1.82, 2.24) is 10.2 Å². The predicted octanol–water partition coefficient (Wildman–Crippen LogP) is 2.72. The van der Waals surface area contributed by atoms with E-state index in [4.69, 9.17) is 4.42 Å². The highest BCUT2D eigenvalue weighted by Crippen LogP contribution is 2.15. The lowest BCUT2D eigenvalue weighted by atomic mass is 10.3. The zero-order valence-electron chi connectivity index (χ0n) is 11.3. The van der Waals surface area contributed by atoms with Gasteiger partial charge in [0.1, 0.15) is 5.76 Å². The molecule has 2 heterocycles. The molecular weight excluding hydrogens is 244 g/mol. The molecule has 0 amide bonds. The van der Waals surface area contributed by atoms with Crippen LogP contribution in [0.3, 0.4) is 0 Å². The summed E-state index contributed by atoms with van der Waals surface area (Å²) in [6.07, 6.45) is 4.37. The number of hydrogen-bond donors (Lipinski definition) is 1. The van der Waals surface area contributed by atoms with Gasteiger partial charge in [-0.15, -0.1) is 0 Å². The fraction of sp³-hybridized carbons (Fsp3) is 0.714. The number of hydrogen-bond acceptors (Lipinski definition) is 4. The van der Waals surface area contributed by atoms with Gasteiger partial charge in [0.25, 0.3) is 0 Å². The molecule has 1 aliphatic heterocycles. The molecule has 0 aliphatic carbocycles. The Hall–Kier alpha value is -0.450. The molecule has 1 N–H and O–H groups in total. The highest BCUT2D eigenvalue weighted by atomic mass is 32.2. The van der Waals surface area contributed by atoms with E-state index in [9.17, 15) is 0 Å². The summed E-state index contributed by atoms with van der Waals surface area (Å²) < 4.78 is 5.65. The second-order valence-electron chi connectivity index (χ2n) is 4.84. The summed E-state index contributed by atoms with van der Waals surface area (Å²) in [5, 5.41) is 3.40. The van der Waals surface area contributed by atoms with Gasteiger partial charge in [0.15, 0.2) is 0 Å². The lowest BCUT2D eigenvalue weighted by molar-refractivity contribution is 0.262. The van der Waals surface area contributed by atoms with Crippen LogP contribution in [0.1, 0.15) is 31.1 Å². The molecule has 0 spiro atoms. The van der Waals surface area contributed by atoms with Gasteiger partial charge in [-0.3, -0.25) is 4.90 Å². The molecule has 0 aromatic carbocycles. The van der Waals surface area contributed by atoms with Crippen molar-refractivity contribution >= 4 is 11.8 Å². The molecule has 0 bridgehead atoms. The van der Waals surface area contributed by atoms with Gasteiger partial charge >= 0.3 is 0 Å². The Balaban J connectivity index is 1.78. The maximum absolute atomic E-state index is 5.65. The Morgan fingerprint density at radius 2 is 2.33 bits per heavy atom. The predicted molar refractivity (Wildman–Crippen MR) is 77.9 cm³/mol. The molecule has 2 rings (SSSR count). The third kappa shape index (κ3) is 4.67. The molecule has 1 aromatic heterocycles. The molecule has 4 heteroatoms. The van der Waals surface area contributed by atoms with E-state index in [-0.39, 0.29) is 0 Å². The lowest BCUT2D eigenvalue weighted by Gasteiger charge is -2.17. The number of nitrogens with zero attached hydrogens (tertiary/aromatic N) is 1. The van der Waals surface area contributed by atoms with Gasteiger partial charge in [-0.2, -0.15) is 11.8 Å². The molecule has 0 radical (unpaired) electrons. The van der Waals surface area contributed by atoms with Crippen molar-refractivity contribution in [3.63, 3.8) is 0 Å². The van der Waals surface area contributed by atoms with Crippen molar-refractivity contribution in [2.45, 2.75) is 32.9 Å². The SMILES string of the molecule is CCCNCc1coc(CN2CCCSCC2)c1. The Morgan fingerprint density at radius 1 is 1.39 bits per heavy atom. The van der Waals surface area contributed by atoms with E-state index in [0.29, 0.717) is 0 Å². The van der Waals surface area contributed by atoms with Crippen molar-refractivity contribution in [2.24, 2.45) is 0 Å². The van der Waals surface area contributed by atoms with Crippen LogP contribution < -0.4 is 5.32 Å². The van der Waals surface area contributed by atoms with Crippen LogP contribution in [0.25, 0.3) is 0 Å². The molecule has 102 valence electrons. The number of furan rings is 1. The molecule has 1 aliphatic rings. The van der Waals surface area contributed by atoms with E-state index >= 15 is 0 Å². The topological polar surface area (TPSA) is 28.4 Å². The fourth-order valence-electron chi connectivity index (χ4n) is 2.19. The minimum Gasteiger partial charge on any atom is -0.468 e. The maximum atomic E-state index is 5.65. The number of rotatable bonds is 6. The van der Waals surface area contributed by atoms with E-state index < -0.39 is 0 Å². The monoisotopic (exact) mass is 268 g/mol. The Labute approximate surface area is 114 Å². The summed E-state index contributed by atoms with van der Waals surface area (Å²) in [5.74, 6) is 3.67. The molecule has 0 atom stereocenters. The van der Waals surface area contributed by atoms with Crippen LogP contribution >= 0.6 is 11.8 Å². The first-order chi connectivity index (χ1) is 8.88. The summed E-state index contributed by atoms with van der Waals surface area (Å²) in [7, 11) is 0. The van der Waals surface area contributed by atoms with Gasteiger partial charge in [-0.25, -0.2) is 0 Å². The van der Waals surface area contributed by atoms with Crippen molar-refractivity contribution in [2.75, 3.05) is 31.1 Å². The zero-order valence-corrected chi connectivity index (χ0v) is 12.1. The standard InChI is InChI=1S/C14H24N2OS/c1-2-4-15-10-13-9-14(17-12-13)11-16-5-3-7-18-8-6-16/h9,12,15H,2-8,10-11H2,1H3. The van der Waals surface area contributed by atoms with Gasteiger partial charge in [0.2, 0.25) is 0 Å². The lowest BCUT2D eigenvalue weighted by Crippen LogP contribution is -2.25. The quantitative estimate of drug-likeness (QED) is 0.803. The minimum absolute atomic E-state index is 0.924. The van der Waals surface area contributed by atoms with Crippen LogP contribution in [0.15, 0.2) is 16.7 Å². The average molecular weight is 268 g/mol. The fourth-order valence-corrected chi connectivity index (χ4v) is 3.11. The van der Waals surface area contributed by atoms with Crippen LogP contribution in [0, 0.1) is 0 Å². The number of thioether (sulfide) groups is 1. The summed E-state index contributed by atoms with van der Waals surface area (Å²) >= 11 is 2.07. The largest absolute Gasteiger partial charge is 0.468 e. The molecule has 0 unspecified atom stereocenters. The van der Waals surface area contributed by atoms with Crippen LogP contribution in [0.2, 0.25) is 0 Å². The Morgan fingerprint density at radius 3 is 3.22 bits per heavy atom. The van der Waals surface area contributed by atoms with Gasteiger partial charge in [0.05, 0.1) is 12.8 Å².